The van der Waals surface area contributed by atoms with Gasteiger partial charge in [-0.15, -0.1) is 0 Å². The third-order valence-corrected chi connectivity index (χ3v) is 10.3. The standard InChI is InChI=1S/C26H42N2O3/c1-17(24(29)30)6-5-15-28(4)23-10-9-21-20-8-7-18-16-19(27-31)11-13-25(18,2)22(20)12-14-26(21,23)3/h7,17,19-23H,5-6,8-16H2,1-4H3,(H,29,30). The molecule has 0 spiro atoms. The van der Waals surface area contributed by atoms with Gasteiger partial charge in [0.25, 0.3) is 0 Å². The molecule has 174 valence electrons. The van der Waals surface area contributed by atoms with E-state index >= 15 is 0 Å². The second-order valence-corrected chi connectivity index (χ2v) is 11.8. The second kappa shape index (κ2) is 8.61. The Kier molecular flexibility index (Phi) is 6.37. The molecule has 8 unspecified atom stereocenters. The van der Waals surface area contributed by atoms with Crippen LogP contribution in [-0.2, 0) is 4.79 Å². The van der Waals surface area contributed by atoms with Crippen molar-refractivity contribution in [1.82, 2.24) is 4.90 Å². The number of carboxylic acids is 1. The van der Waals surface area contributed by atoms with Crippen LogP contribution in [0, 0.1) is 39.4 Å². The molecular weight excluding hydrogens is 388 g/mol. The van der Waals surface area contributed by atoms with Crippen LogP contribution in [-0.4, -0.2) is 41.7 Å². The van der Waals surface area contributed by atoms with Gasteiger partial charge in [-0.3, -0.25) is 4.79 Å². The summed E-state index contributed by atoms with van der Waals surface area (Å²) in [6.07, 6.45) is 13.6. The van der Waals surface area contributed by atoms with E-state index in [0.29, 0.717) is 11.5 Å². The number of nitrogens with zero attached hydrogens (tertiary/aromatic N) is 2. The number of carbonyl (C=O) groups is 1. The predicted molar refractivity (Wildman–Crippen MR) is 124 cm³/mol. The van der Waals surface area contributed by atoms with E-state index in [-0.39, 0.29) is 17.4 Å². The molecule has 0 heterocycles. The van der Waals surface area contributed by atoms with Gasteiger partial charge in [-0.2, -0.15) is 4.91 Å². The summed E-state index contributed by atoms with van der Waals surface area (Å²) in [5.41, 5.74) is 2.19. The van der Waals surface area contributed by atoms with Crippen molar-refractivity contribution in [3.63, 3.8) is 0 Å². The van der Waals surface area contributed by atoms with Crippen LogP contribution in [0.2, 0.25) is 0 Å². The van der Waals surface area contributed by atoms with Gasteiger partial charge in [-0.05, 0) is 106 Å². The van der Waals surface area contributed by atoms with Crippen molar-refractivity contribution < 1.29 is 9.90 Å². The number of rotatable bonds is 7. The molecule has 4 aliphatic carbocycles. The summed E-state index contributed by atoms with van der Waals surface area (Å²) in [4.78, 5) is 24.8. The number of aliphatic carboxylic acids is 1. The lowest BCUT2D eigenvalue weighted by Gasteiger charge is -2.58. The Morgan fingerprint density at radius 1 is 1.23 bits per heavy atom. The molecule has 3 saturated carbocycles. The minimum atomic E-state index is -0.676. The average Bonchev–Trinajstić information content (AvgIpc) is 3.10. The zero-order valence-corrected chi connectivity index (χ0v) is 20.0. The predicted octanol–water partition coefficient (Wildman–Crippen LogP) is 5.89. The lowest BCUT2D eigenvalue weighted by Crippen LogP contribution is -2.53. The first-order valence-corrected chi connectivity index (χ1v) is 12.7. The van der Waals surface area contributed by atoms with Crippen molar-refractivity contribution in [2.45, 2.75) is 97.1 Å². The maximum absolute atomic E-state index is 11.1. The first-order chi connectivity index (χ1) is 14.7. The van der Waals surface area contributed by atoms with Crippen molar-refractivity contribution in [3.8, 4) is 0 Å². The van der Waals surface area contributed by atoms with Crippen LogP contribution in [0.25, 0.3) is 0 Å². The summed E-state index contributed by atoms with van der Waals surface area (Å²) in [6, 6.07) is 0.616. The molecule has 5 nitrogen and oxygen atoms in total. The minimum absolute atomic E-state index is 0.00177. The zero-order valence-electron chi connectivity index (χ0n) is 20.0. The highest BCUT2D eigenvalue weighted by atomic mass is 16.4. The zero-order chi connectivity index (χ0) is 22.4. The van der Waals surface area contributed by atoms with Crippen molar-refractivity contribution in [3.05, 3.63) is 16.6 Å². The normalized spacial score (nSPS) is 42.9. The molecule has 4 rings (SSSR count). The first-order valence-electron chi connectivity index (χ1n) is 12.7. The molecular formula is C26H42N2O3. The number of nitroso groups, excluding NO2 is 1. The Balaban J connectivity index is 1.44. The molecule has 0 aliphatic heterocycles. The van der Waals surface area contributed by atoms with E-state index in [9.17, 15) is 9.70 Å². The molecule has 1 N–H and O–H groups in total. The first kappa shape index (κ1) is 22.9. The minimum Gasteiger partial charge on any atom is -0.481 e. The fourth-order valence-electron chi connectivity index (χ4n) is 8.35. The van der Waals surface area contributed by atoms with Crippen molar-refractivity contribution in [2.24, 2.45) is 39.7 Å². The Morgan fingerprint density at radius 2 is 2.00 bits per heavy atom. The number of hydrogen-bond donors (Lipinski definition) is 1. The summed E-state index contributed by atoms with van der Waals surface area (Å²) in [5, 5.41) is 12.5. The van der Waals surface area contributed by atoms with Gasteiger partial charge in [-0.1, -0.05) is 37.6 Å². The summed E-state index contributed by atoms with van der Waals surface area (Å²) in [6.45, 7) is 7.86. The van der Waals surface area contributed by atoms with E-state index in [1.807, 2.05) is 6.92 Å². The highest BCUT2D eigenvalue weighted by Gasteiger charge is 2.59. The van der Waals surface area contributed by atoms with Gasteiger partial charge >= 0.3 is 5.97 Å². The molecule has 0 amide bonds. The van der Waals surface area contributed by atoms with Crippen LogP contribution in [0.4, 0.5) is 0 Å². The third-order valence-electron chi connectivity index (χ3n) is 10.3. The lowest BCUT2D eigenvalue weighted by molar-refractivity contribution is -0.141. The van der Waals surface area contributed by atoms with Gasteiger partial charge in [0, 0.05) is 6.04 Å². The van der Waals surface area contributed by atoms with E-state index in [1.165, 1.54) is 37.7 Å². The molecule has 0 aromatic heterocycles. The molecule has 3 fully saturated rings. The molecule has 0 bridgehead atoms. The highest BCUT2D eigenvalue weighted by molar-refractivity contribution is 5.69. The van der Waals surface area contributed by atoms with Gasteiger partial charge in [0.1, 0.15) is 0 Å². The average molecular weight is 431 g/mol. The molecule has 8 atom stereocenters. The molecule has 0 aromatic carbocycles. The van der Waals surface area contributed by atoms with Gasteiger partial charge in [0.05, 0.1) is 12.0 Å². The summed E-state index contributed by atoms with van der Waals surface area (Å²) in [5.74, 6) is 1.40. The van der Waals surface area contributed by atoms with Crippen LogP contribution < -0.4 is 0 Å². The number of allylic oxidation sites excluding steroid dienone is 1. The maximum Gasteiger partial charge on any atom is 0.306 e. The Hall–Kier alpha value is -1.23. The van der Waals surface area contributed by atoms with Crippen molar-refractivity contribution in [2.75, 3.05) is 13.6 Å². The van der Waals surface area contributed by atoms with Crippen molar-refractivity contribution >= 4 is 5.97 Å². The van der Waals surface area contributed by atoms with E-state index in [2.05, 4.69) is 37.0 Å². The van der Waals surface area contributed by atoms with E-state index in [0.717, 1.165) is 56.4 Å². The summed E-state index contributed by atoms with van der Waals surface area (Å²) >= 11 is 0. The fourth-order valence-corrected chi connectivity index (χ4v) is 8.35. The molecule has 4 aliphatic rings. The largest absolute Gasteiger partial charge is 0.481 e. The van der Waals surface area contributed by atoms with Crippen LogP contribution in [0.1, 0.15) is 85.0 Å². The lowest BCUT2D eigenvalue weighted by atomic mass is 9.47. The fraction of sp³-hybridized carbons (Fsp3) is 0.885. The molecule has 0 saturated heterocycles. The SMILES string of the molecule is CC(CCCN(C)C1CCC2C3CC=C4CC(N=O)CCC4(C)C3CCC21C)C(=O)O. The number of carboxylic acid groups (broad SMARTS) is 1. The van der Waals surface area contributed by atoms with Gasteiger partial charge in [0.15, 0.2) is 0 Å². The molecule has 0 radical (unpaired) electrons. The topological polar surface area (TPSA) is 70.0 Å². The van der Waals surface area contributed by atoms with E-state index in [1.54, 1.807) is 0 Å². The van der Waals surface area contributed by atoms with E-state index in [4.69, 9.17) is 5.11 Å². The number of fused-ring (bicyclic) bond motifs is 5. The Bertz CT molecular complexity index is 736. The van der Waals surface area contributed by atoms with Crippen LogP contribution in [0.5, 0.6) is 0 Å². The van der Waals surface area contributed by atoms with Gasteiger partial charge < -0.3 is 10.0 Å². The molecule has 31 heavy (non-hydrogen) atoms. The highest BCUT2D eigenvalue weighted by Crippen LogP contribution is 2.65. The summed E-state index contributed by atoms with van der Waals surface area (Å²) in [7, 11) is 2.27. The third kappa shape index (κ3) is 3.89. The number of hydrogen-bond acceptors (Lipinski definition) is 4. The van der Waals surface area contributed by atoms with Crippen LogP contribution >= 0.6 is 0 Å². The van der Waals surface area contributed by atoms with E-state index < -0.39 is 5.97 Å². The quantitative estimate of drug-likeness (QED) is 0.404. The monoisotopic (exact) mass is 430 g/mol. The van der Waals surface area contributed by atoms with Crippen molar-refractivity contribution in [1.29, 1.82) is 0 Å². The van der Waals surface area contributed by atoms with Gasteiger partial charge in [-0.25, -0.2) is 0 Å². The smallest absolute Gasteiger partial charge is 0.306 e. The Labute approximate surface area is 188 Å². The molecule has 0 aromatic rings. The van der Waals surface area contributed by atoms with Gasteiger partial charge in [0.2, 0.25) is 0 Å². The van der Waals surface area contributed by atoms with Crippen LogP contribution in [0.15, 0.2) is 16.8 Å². The maximum atomic E-state index is 11.1. The summed E-state index contributed by atoms with van der Waals surface area (Å²) < 4.78 is 0. The Morgan fingerprint density at radius 3 is 2.71 bits per heavy atom. The molecule has 5 heteroatoms. The second-order valence-electron chi connectivity index (χ2n) is 11.8. The van der Waals surface area contributed by atoms with Crippen LogP contribution in [0.3, 0.4) is 0 Å².